The number of ketones is 2. The van der Waals surface area contributed by atoms with E-state index in [1.54, 1.807) is 0 Å². The number of rotatable bonds is 3. The van der Waals surface area contributed by atoms with E-state index in [0.29, 0.717) is 5.57 Å². The number of hydrogen-bond donors (Lipinski definition) is 1. The van der Waals surface area contributed by atoms with Crippen LogP contribution in [-0.2, 0) is 9.59 Å². The van der Waals surface area contributed by atoms with E-state index in [0.717, 1.165) is 0 Å². The Morgan fingerprint density at radius 3 is 2.00 bits per heavy atom. The third kappa shape index (κ3) is 3.02. The van der Waals surface area contributed by atoms with Crippen molar-refractivity contribution in [3.63, 3.8) is 0 Å². The Morgan fingerprint density at radius 1 is 1.40 bits per heavy atom. The van der Waals surface area contributed by atoms with Gasteiger partial charge < -0.3 is 5.73 Å². The second-order valence-electron chi connectivity index (χ2n) is 2.13. The fraction of sp³-hybridized carbons (Fsp3) is 0.429. The molecule has 0 bridgehead atoms. The minimum Gasteiger partial charge on any atom is -0.404 e. The van der Waals surface area contributed by atoms with Crippen LogP contribution in [0.2, 0.25) is 0 Å². The fourth-order valence-corrected chi connectivity index (χ4v) is 0.569. The van der Waals surface area contributed by atoms with E-state index in [2.05, 4.69) is 0 Å². The summed E-state index contributed by atoms with van der Waals surface area (Å²) in [5.41, 5.74) is 5.47. The molecule has 0 aliphatic heterocycles. The molecule has 0 atom stereocenters. The van der Waals surface area contributed by atoms with E-state index in [1.807, 2.05) is 0 Å². The Morgan fingerprint density at radius 2 is 1.90 bits per heavy atom. The maximum atomic E-state index is 10.6. The van der Waals surface area contributed by atoms with Crippen LogP contribution in [0.25, 0.3) is 0 Å². The molecule has 0 aliphatic carbocycles. The normalized spacial score (nSPS) is 11.2. The topological polar surface area (TPSA) is 60.2 Å². The average molecular weight is 141 g/mol. The molecule has 0 rings (SSSR count). The van der Waals surface area contributed by atoms with E-state index in [1.165, 1.54) is 20.0 Å². The predicted molar refractivity (Wildman–Crippen MR) is 38.2 cm³/mol. The summed E-state index contributed by atoms with van der Waals surface area (Å²) >= 11 is 0. The van der Waals surface area contributed by atoms with E-state index >= 15 is 0 Å². The van der Waals surface area contributed by atoms with Gasteiger partial charge in [0.1, 0.15) is 5.78 Å². The summed E-state index contributed by atoms with van der Waals surface area (Å²) < 4.78 is 0. The van der Waals surface area contributed by atoms with Gasteiger partial charge in [-0.25, -0.2) is 0 Å². The summed E-state index contributed by atoms with van der Waals surface area (Å²) in [6, 6.07) is 0. The summed E-state index contributed by atoms with van der Waals surface area (Å²) in [4.78, 5) is 21.1. The molecule has 0 saturated carbocycles. The number of carbonyl (C=O) groups is 2. The van der Waals surface area contributed by atoms with Crippen LogP contribution in [0.1, 0.15) is 20.3 Å². The van der Waals surface area contributed by atoms with Crippen molar-refractivity contribution in [1.82, 2.24) is 0 Å². The van der Waals surface area contributed by atoms with Gasteiger partial charge >= 0.3 is 0 Å². The molecular formula is C7H11NO2. The van der Waals surface area contributed by atoms with Gasteiger partial charge in [-0.2, -0.15) is 0 Å². The van der Waals surface area contributed by atoms with Crippen molar-refractivity contribution < 1.29 is 9.59 Å². The maximum absolute atomic E-state index is 10.6. The molecule has 0 aliphatic rings. The Kier molecular flexibility index (Phi) is 3.39. The van der Waals surface area contributed by atoms with Gasteiger partial charge in [-0.15, -0.1) is 0 Å². The van der Waals surface area contributed by atoms with Gasteiger partial charge in [-0.05, 0) is 13.8 Å². The molecular weight excluding hydrogens is 130 g/mol. The molecule has 0 unspecified atom stereocenters. The molecule has 56 valence electrons. The SMILES string of the molecule is CC(=O)C/C(=C/N)C(C)=O. The molecule has 0 saturated heterocycles. The number of allylic oxidation sites excluding steroid dienone is 1. The highest BCUT2D eigenvalue weighted by Crippen LogP contribution is 2.00. The molecule has 3 heteroatoms. The smallest absolute Gasteiger partial charge is 0.157 e. The largest absolute Gasteiger partial charge is 0.404 e. The Balaban J connectivity index is 4.12. The van der Waals surface area contributed by atoms with E-state index < -0.39 is 0 Å². The minimum absolute atomic E-state index is 0.0492. The highest BCUT2D eigenvalue weighted by atomic mass is 16.1. The van der Waals surface area contributed by atoms with Crippen LogP contribution in [0, 0.1) is 0 Å². The second-order valence-corrected chi connectivity index (χ2v) is 2.13. The first-order valence-corrected chi connectivity index (χ1v) is 2.99. The monoisotopic (exact) mass is 141 g/mol. The molecule has 0 fully saturated rings. The zero-order valence-corrected chi connectivity index (χ0v) is 6.18. The maximum Gasteiger partial charge on any atom is 0.157 e. The zero-order chi connectivity index (χ0) is 8.15. The third-order valence-electron chi connectivity index (χ3n) is 1.09. The molecule has 0 heterocycles. The van der Waals surface area contributed by atoms with Crippen LogP contribution in [0.5, 0.6) is 0 Å². The van der Waals surface area contributed by atoms with Crippen molar-refractivity contribution in [3.05, 3.63) is 11.8 Å². The first kappa shape index (κ1) is 8.88. The Labute approximate surface area is 59.9 Å². The lowest BCUT2D eigenvalue weighted by atomic mass is 10.1. The quantitative estimate of drug-likeness (QED) is 0.578. The lowest BCUT2D eigenvalue weighted by Gasteiger charge is -1.96. The molecule has 0 amide bonds. The predicted octanol–water partition coefficient (Wildman–Crippen LogP) is 0.397. The third-order valence-corrected chi connectivity index (χ3v) is 1.09. The van der Waals surface area contributed by atoms with Gasteiger partial charge in [-0.1, -0.05) is 0 Å². The van der Waals surface area contributed by atoms with E-state index in [-0.39, 0.29) is 18.0 Å². The molecule has 10 heavy (non-hydrogen) atoms. The van der Waals surface area contributed by atoms with E-state index in [9.17, 15) is 9.59 Å². The molecule has 2 N–H and O–H groups in total. The molecule has 3 nitrogen and oxygen atoms in total. The summed E-state index contributed by atoms with van der Waals surface area (Å²) in [6.07, 6.45) is 1.33. The Hall–Kier alpha value is -1.12. The van der Waals surface area contributed by atoms with Crippen molar-refractivity contribution in [3.8, 4) is 0 Å². The zero-order valence-electron chi connectivity index (χ0n) is 6.18. The van der Waals surface area contributed by atoms with Gasteiger partial charge in [0.15, 0.2) is 5.78 Å². The molecule has 0 spiro atoms. The molecule has 0 aromatic rings. The van der Waals surface area contributed by atoms with Crippen LogP contribution < -0.4 is 5.73 Å². The van der Waals surface area contributed by atoms with Crippen LogP contribution in [0.3, 0.4) is 0 Å². The molecule has 0 aromatic carbocycles. The van der Waals surface area contributed by atoms with Crippen molar-refractivity contribution in [1.29, 1.82) is 0 Å². The number of carbonyl (C=O) groups excluding carboxylic acids is 2. The first-order chi connectivity index (χ1) is 4.57. The minimum atomic E-state index is -0.141. The molecule has 0 radical (unpaired) electrons. The first-order valence-electron chi connectivity index (χ1n) is 2.99. The van der Waals surface area contributed by atoms with Gasteiger partial charge in [0.2, 0.25) is 0 Å². The van der Waals surface area contributed by atoms with Crippen LogP contribution >= 0.6 is 0 Å². The Bertz CT molecular complexity index is 182. The highest BCUT2D eigenvalue weighted by molar-refractivity contribution is 5.98. The lowest BCUT2D eigenvalue weighted by molar-refractivity contribution is -0.119. The lowest BCUT2D eigenvalue weighted by Crippen LogP contribution is -2.04. The van der Waals surface area contributed by atoms with Crippen molar-refractivity contribution in [2.45, 2.75) is 20.3 Å². The van der Waals surface area contributed by atoms with Crippen molar-refractivity contribution in [2.24, 2.45) is 5.73 Å². The van der Waals surface area contributed by atoms with Crippen LogP contribution in [0.4, 0.5) is 0 Å². The highest BCUT2D eigenvalue weighted by Gasteiger charge is 2.04. The number of nitrogens with two attached hydrogens (primary N) is 1. The van der Waals surface area contributed by atoms with Gasteiger partial charge in [0.05, 0.1) is 0 Å². The number of hydrogen-bond acceptors (Lipinski definition) is 3. The molecule has 0 aromatic heterocycles. The van der Waals surface area contributed by atoms with Gasteiger partial charge in [0, 0.05) is 18.2 Å². The van der Waals surface area contributed by atoms with Crippen LogP contribution in [0.15, 0.2) is 11.8 Å². The average Bonchev–Trinajstić information content (AvgIpc) is 1.81. The van der Waals surface area contributed by atoms with Gasteiger partial charge in [0.25, 0.3) is 0 Å². The van der Waals surface area contributed by atoms with Gasteiger partial charge in [-0.3, -0.25) is 9.59 Å². The van der Waals surface area contributed by atoms with Crippen molar-refractivity contribution >= 4 is 11.6 Å². The number of Topliss-reactive ketones (excluding diaryl/α,β-unsaturated/α-hetero) is 2. The summed E-state index contributed by atoms with van der Waals surface area (Å²) in [5, 5.41) is 0. The summed E-state index contributed by atoms with van der Waals surface area (Å²) in [6.45, 7) is 2.81. The summed E-state index contributed by atoms with van der Waals surface area (Å²) in [5.74, 6) is -0.190. The second kappa shape index (κ2) is 3.82. The summed E-state index contributed by atoms with van der Waals surface area (Å²) in [7, 11) is 0. The standard InChI is InChI=1S/C7H11NO2/c1-5(9)3-7(4-8)6(2)10/h4H,3,8H2,1-2H3/b7-4-. The fourth-order valence-electron chi connectivity index (χ4n) is 0.569. The van der Waals surface area contributed by atoms with Crippen molar-refractivity contribution in [2.75, 3.05) is 0 Å². The van der Waals surface area contributed by atoms with E-state index in [4.69, 9.17) is 5.73 Å². The van der Waals surface area contributed by atoms with Crippen LogP contribution in [-0.4, -0.2) is 11.6 Å².